The highest BCUT2D eigenvalue weighted by Crippen LogP contribution is 2.45. The number of Topliss-reactive ketones (excluding diaryl/α,β-unsaturated/α-hetero) is 1. The molecule has 0 radical (unpaired) electrons. The van der Waals surface area contributed by atoms with Crippen LogP contribution < -0.4 is 21.3 Å². The van der Waals surface area contributed by atoms with E-state index in [2.05, 4.69) is 47.3 Å². The number of carboxylic acids is 3. The third-order valence-electron chi connectivity index (χ3n) is 27.4. The van der Waals surface area contributed by atoms with Crippen molar-refractivity contribution in [3.05, 3.63) is 24.3 Å². The zero-order chi connectivity index (χ0) is 107. The Hall–Kier alpha value is -5.80. The van der Waals surface area contributed by atoms with E-state index in [1.807, 2.05) is 0 Å². The third-order valence-corrected chi connectivity index (χ3v) is 27.4. The summed E-state index contributed by atoms with van der Waals surface area (Å²) >= 11 is 0. The predicted molar refractivity (Wildman–Crippen MR) is 507 cm³/mol. The molecule has 6 heterocycles. The van der Waals surface area contributed by atoms with Crippen molar-refractivity contribution in [2.45, 2.75) is 492 Å². The van der Waals surface area contributed by atoms with Crippen molar-refractivity contribution in [3.8, 4) is 0 Å². The Morgan fingerprint density at radius 2 is 0.764 bits per heavy atom. The van der Waals surface area contributed by atoms with E-state index in [-0.39, 0.29) is 6.42 Å². The monoisotopic (exact) mass is 2080 g/mol. The lowest BCUT2D eigenvalue weighted by Crippen LogP contribution is -2.72. The number of rotatable bonds is 71. The molecule has 6 aliphatic rings. The first kappa shape index (κ1) is 127. The number of hydrogen-bond donors (Lipinski definition) is 26. The van der Waals surface area contributed by atoms with E-state index >= 15 is 0 Å². The number of ether oxygens (including phenoxy) is 12. The van der Waals surface area contributed by atoms with Crippen LogP contribution in [0.4, 0.5) is 0 Å². The maximum absolute atomic E-state index is 14.5. The molecular weight excluding hydrogens is 1910 g/mol. The summed E-state index contributed by atoms with van der Waals surface area (Å²) in [6, 6.07) is -7.30. The summed E-state index contributed by atoms with van der Waals surface area (Å²) in [7, 11) is 0. The maximum Gasteiger partial charge on any atom is 0.364 e. The Kier molecular flexibility index (Phi) is 57.7. The van der Waals surface area contributed by atoms with Crippen LogP contribution in [0.2, 0.25) is 0 Å². The van der Waals surface area contributed by atoms with Gasteiger partial charge in [0.2, 0.25) is 23.6 Å². The lowest BCUT2D eigenvalue weighted by atomic mass is 9.86. The minimum Gasteiger partial charge on any atom is -0.477 e. The topological polar surface area (TPSA) is 741 Å². The highest BCUT2D eigenvalue weighted by molar-refractivity contribution is 5.79. The normalized spacial score (nSPS) is 32.8. The molecule has 0 aromatic heterocycles. The highest BCUT2D eigenvalue weighted by Gasteiger charge is 2.65. The Morgan fingerprint density at radius 1 is 0.396 bits per heavy atom. The first-order valence-electron chi connectivity index (χ1n) is 51.7. The van der Waals surface area contributed by atoms with Crippen molar-refractivity contribution < 1.29 is 208 Å². The van der Waals surface area contributed by atoms with E-state index in [1.54, 1.807) is 6.08 Å². The minimum absolute atomic E-state index is 0.0801. The summed E-state index contributed by atoms with van der Waals surface area (Å²) in [6.45, 7) is -0.569. The highest BCUT2D eigenvalue weighted by atomic mass is 16.8. The second kappa shape index (κ2) is 65.4. The van der Waals surface area contributed by atoms with Crippen LogP contribution in [-0.2, 0) is 95.2 Å². The van der Waals surface area contributed by atoms with E-state index in [9.17, 15) is 151 Å². The molecule has 35 unspecified atom stereocenters. The van der Waals surface area contributed by atoms with Gasteiger partial charge in [0, 0.05) is 58.8 Å². The smallest absolute Gasteiger partial charge is 0.364 e. The van der Waals surface area contributed by atoms with Crippen molar-refractivity contribution in [1.29, 1.82) is 0 Å². The summed E-state index contributed by atoms with van der Waals surface area (Å²) in [6.07, 6.45) is -22.0. The number of allylic oxidation sites excluding steroid dienone is 3. The van der Waals surface area contributed by atoms with Gasteiger partial charge in [0.05, 0.1) is 101 Å². The summed E-state index contributed by atoms with van der Waals surface area (Å²) < 4.78 is 72.1. The molecule has 6 rings (SSSR count). The number of aliphatic hydroxyl groups is 19. The van der Waals surface area contributed by atoms with Crippen molar-refractivity contribution in [3.63, 3.8) is 0 Å². The number of carbonyl (C=O) groups is 8. The number of aliphatic hydroxyl groups excluding tert-OH is 19. The van der Waals surface area contributed by atoms with Crippen LogP contribution in [0.3, 0.4) is 0 Å². The van der Waals surface area contributed by atoms with Gasteiger partial charge in [-0.2, -0.15) is 0 Å². The van der Waals surface area contributed by atoms with Crippen LogP contribution in [0.1, 0.15) is 286 Å². The Bertz CT molecular complexity index is 3770. The molecule has 6 aliphatic heterocycles. The summed E-state index contributed by atoms with van der Waals surface area (Å²) in [4.78, 5) is 107. The summed E-state index contributed by atoms with van der Waals surface area (Å²) in [5.74, 6) is -23.6. The number of hydrogen-bond acceptors (Lipinski definition) is 39. The molecule has 0 saturated carbocycles. The van der Waals surface area contributed by atoms with Gasteiger partial charge in [0.25, 0.3) is 17.4 Å². The van der Waals surface area contributed by atoms with Gasteiger partial charge in [-0.15, -0.1) is 0 Å². The van der Waals surface area contributed by atoms with Gasteiger partial charge in [0.1, 0.15) is 122 Å². The molecule has 46 nitrogen and oxygen atoms in total. The standard InChI is InChI=1S/C98H170N4O42/c1-7-9-11-13-15-17-19-21-22-23-24-25-26-27-28-29-30-32-34-36-38-40-42-44-72(118)102-61(62(113)43-41-39-37-35-33-31-20-18-16-14-12-10-8-2)55-133-91-82(125)81(124)84(70(53-107)135-91)137-92-83(126)89(85(71(54-108)136-92)138-90-60(45-56(3)109)76(119)78(121)67(50-104)134-90)144-98(95(131)132)48-65(116)75(101-59(6)112)88(143-98)80(123)69(52-106)140-97(94(129)130)47-64(115)74(100-58(5)111)87(142-97)79(122)68(51-105)139-96(93(127)128)46-63(114)73(99-57(4)110)86(141-96)77(120)66(117)49-103/h21-22,41,43,60-71,73-92,103-108,113-117,119-126H,7-20,23-40,42,44-55H2,1-6H3,(H,99,110)(H,100,111)(H,101,112)(H,102,118)(H,127,128)(H,129,130)(H,131,132). The number of carbonyl (C=O) groups excluding carboxylic acids is 5. The van der Waals surface area contributed by atoms with Crippen molar-refractivity contribution in [2.75, 3.05) is 46.2 Å². The average molecular weight is 2080 g/mol. The number of aliphatic carboxylic acids is 3. The van der Waals surface area contributed by atoms with Gasteiger partial charge >= 0.3 is 17.9 Å². The number of nitrogens with one attached hydrogen (secondary N) is 4. The molecule has 26 N–H and O–H groups in total. The van der Waals surface area contributed by atoms with Crippen LogP contribution in [0.5, 0.6) is 0 Å². The summed E-state index contributed by atoms with van der Waals surface area (Å²) in [5.41, 5.74) is 0. The van der Waals surface area contributed by atoms with Gasteiger partial charge in [-0.25, -0.2) is 14.4 Å². The predicted octanol–water partition coefficient (Wildman–Crippen LogP) is -0.532. The molecule has 4 amide bonds. The average Bonchev–Trinajstić information content (AvgIpc) is 0.744. The van der Waals surface area contributed by atoms with Crippen molar-refractivity contribution in [2.24, 2.45) is 5.92 Å². The van der Waals surface area contributed by atoms with Crippen LogP contribution in [0.15, 0.2) is 24.3 Å². The molecule has 0 spiro atoms. The molecule has 6 fully saturated rings. The molecule has 0 aliphatic carbocycles. The lowest BCUT2D eigenvalue weighted by molar-refractivity contribution is -0.404. The zero-order valence-electron chi connectivity index (χ0n) is 84.1. The number of carboxylic acid groups (broad SMARTS) is 3. The van der Waals surface area contributed by atoms with Crippen LogP contribution >= 0.6 is 0 Å². The minimum atomic E-state index is -3.71. The molecule has 144 heavy (non-hydrogen) atoms. The molecule has 0 aromatic carbocycles. The fourth-order valence-corrected chi connectivity index (χ4v) is 19.4. The van der Waals surface area contributed by atoms with Crippen molar-refractivity contribution >= 4 is 47.3 Å². The lowest BCUT2D eigenvalue weighted by Gasteiger charge is -2.53. The van der Waals surface area contributed by atoms with Crippen molar-refractivity contribution in [1.82, 2.24) is 21.3 Å². The molecule has 0 aromatic rings. The molecule has 834 valence electrons. The fourth-order valence-electron chi connectivity index (χ4n) is 19.4. The second-order valence-corrected chi connectivity index (χ2v) is 39.2. The van der Waals surface area contributed by atoms with Gasteiger partial charge in [-0.3, -0.25) is 19.2 Å². The molecule has 0 bridgehead atoms. The Labute approximate surface area is 841 Å². The Balaban J connectivity index is 1.26. The van der Waals surface area contributed by atoms with Crippen LogP contribution in [0, 0.1) is 5.92 Å². The molecule has 46 heteroatoms. The van der Waals surface area contributed by atoms with E-state index in [4.69, 9.17) is 56.8 Å². The van der Waals surface area contributed by atoms with Gasteiger partial charge < -0.3 is 195 Å². The van der Waals surface area contributed by atoms with E-state index in [1.165, 1.54) is 128 Å². The SMILES string of the molecule is CCCCCCCCC=CCCCCCCCCCCCCCCCC(=O)NC(COC1OC(CO)C(OC2OC(CO)C(OC3OC(CO)C(O)C(O)C3CC(C)=O)C(OC3(C(=O)O)CC(O)C(NC(C)=O)C(C(O)C(CO)OC4(C(=O)O)CC(O)C(NC(C)=O)C(C(O)C(CO)OC5(C(=O)O)CC(O)C(NC(C)=O)C(C(O)C(O)CO)O5)O4)O3)C2O)C(O)C1O)C(O)C=CCCCCCCCCCCCCC. The molecule has 35 atom stereocenters. The maximum atomic E-state index is 14.5. The van der Waals surface area contributed by atoms with E-state index in [0.717, 1.165) is 105 Å². The zero-order valence-corrected chi connectivity index (χ0v) is 84.1. The first-order valence-corrected chi connectivity index (χ1v) is 51.7. The number of ketones is 1. The van der Waals surface area contributed by atoms with Gasteiger partial charge in [-0.05, 0) is 51.9 Å². The quantitative estimate of drug-likeness (QED) is 0.0269. The summed E-state index contributed by atoms with van der Waals surface area (Å²) in [5, 5.41) is 262. The third kappa shape index (κ3) is 38.5. The largest absolute Gasteiger partial charge is 0.477 e. The first-order chi connectivity index (χ1) is 68.6. The second-order valence-electron chi connectivity index (χ2n) is 39.2. The fraction of sp³-hybridized carbons (Fsp3) is 0.878. The van der Waals surface area contributed by atoms with Crippen LogP contribution in [-0.4, -0.2) is 413 Å². The molecule has 6 saturated heterocycles. The van der Waals surface area contributed by atoms with Gasteiger partial charge in [-0.1, -0.05) is 205 Å². The Morgan fingerprint density at radius 3 is 1.16 bits per heavy atom. The number of unbranched alkanes of at least 4 members (excludes halogenated alkanes) is 30. The van der Waals surface area contributed by atoms with E-state index in [0.29, 0.717) is 12.8 Å². The molecular formula is C98H170N4O42. The van der Waals surface area contributed by atoms with Gasteiger partial charge in [0.15, 0.2) is 18.9 Å². The van der Waals surface area contributed by atoms with Crippen LogP contribution in [0.25, 0.3) is 0 Å². The number of amides is 4. The van der Waals surface area contributed by atoms with E-state index < -0.39 is 332 Å².